The first-order valence-corrected chi connectivity index (χ1v) is 12.0. The first kappa shape index (κ1) is 20.2. The van der Waals surface area contributed by atoms with Gasteiger partial charge in [-0.05, 0) is 42.9 Å². The molecule has 5 rings (SSSR count). The Bertz CT molecular complexity index is 1250. The summed E-state index contributed by atoms with van der Waals surface area (Å²) in [6.07, 6.45) is 7.60. The van der Waals surface area contributed by atoms with Crippen LogP contribution in [-0.4, -0.2) is 34.2 Å². The molecule has 162 valence electrons. The van der Waals surface area contributed by atoms with E-state index in [1.54, 1.807) is 6.33 Å². The minimum Gasteiger partial charge on any atom is -0.392 e. The third-order valence-electron chi connectivity index (χ3n) is 6.41. The Morgan fingerprint density at radius 3 is 2.87 bits per heavy atom. The van der Waals surface area contributed by atoms with E-state index in [0.717, 1.165) is 35.1 Å². The molecule has 0 spiro atoms. The highest BCUT2D eigenvalue weighted by Gasteiger charge is 2.33. The summed E-state index contributed by atoms with van der Waals surface area (Å²) >= 11 is 0. The number of fused-ring (bicyclic) bond motifs is 2. The van der Waals surface area contributed by atoms with Crippen molar-refractivity contribution in [3.8, 4) is 0 Å². The standard InChI is InChI=1S/C22H25N5O3S/c23-31(29,30)10-8-15-11-16(12-20(15)28)27-9-7-18-21(24-13-25-22(18)27)26-19-6-5-14-3-1-2-4-17(14)19/h1-4,7-10,13,15-16,19-20,28H,5-6,11-12H2,(H2,23,29,30)(H,24,25,26)/b10-8+/t15-,16-,19+,20+/m1/s1. The van der Waals surface area contributed by atoms with Crippen molar-refractivity contribution < 1.29 is 13.5 Å². The lowest BCUT2D eigenvalue weighted by molar-refractivity contribution is 0.151. The summed E-state index contributed by atoms with van der Waals surface area (Å²) in [4.78, 5) is 8.99. The number of aliphatic hydroxyl groups excluding tert-OH is 1. The van der Waals surface area contributed by atoms with Gasteiger partial charge in [0.1, 0.15) is 17.8 Å². The van der Waals surface area contributed by atoms with Gasteiger partial charge in [0.2, 0.25) is 10.0 Å². The average molecular weight is 440 g/mol. The molecule has 1 saturated carbocycles. The topological polar surface area (TPSA) is 123 Å². The maximum atomic E-state index is 11.2. The van der Waals surface area contributed by atoms with Crippen LogP contribution in [0.25, 0.3) is 11.0 Å². The third kappa shape index (κ3) is 3.96. The number of aryl methyl sites for hydroxylation is 1. The summed E-state index contributed by atoms with van der Waals surface area (Å²) in [7, 11) is -3.71. The van der Waals surface area contributed by atoms with Crippen molar-refractivity contribution in [1.29, 1.82) is 0 Å². The van der Waals surface area contributed by atoms with Crippen molar-refractivity contribution in [2.75, 3.05) is 5.32 Å². The van der Waals surface area contributed by atoms with Gasteiger partial charge in [-0.25, -0.2) is 23.5 Å². The molecule has 1 fully saturated rings. The van der Waals surface area contributed by atoms with Crippen LogP contribution in [0.5, 0.6) is 0 Å². The molecule has 2 aliphatic carbocycles. The Morgan fingerprint density at radius 1 is 1.19 bits per heavy atom. The maximum Gasteiger partial charge on any atom is 0.230 e. The van der Waals surface area contributed by atoms with Crippen LogP contribution in [0.15, 0.2) is 54.3 Å². The van der Waals surface area contributed by atoms with Gasteiger partial charge in [0.25, 0.3) is 0 Å². The number of hydrogen-bond donors (Lipinski definition) is 3. The van der Waals surface area contributed by atoms with E-state index in [2.05, 4.69) is 44.1 Å². The van der Waals surface area contributed by atoms with Gasteiger partial charge in [-0.3, -0.25) is 0 Å². The fourth-order valence-electron chi connectivity index (χ4n) is 4.92. The van der Waals surface area contributed by atoms with Gasteiger partial charge < -0.3 is 15.0 Å². The van der Waals surface area contributed by atoms with Gasteiger partial charge >= 0.3 is 0 Å². The van der Waals surface area contributed by atoms with E-state index in [1.165, 1.54) is 17.2 Å². The van der Waals surface area contributed by atoms with Crippen LogP contribution in [0.1, 0.15) is 42.5 Å². The van der Waals surface area contributed by atoms with Crippen molar-refractivity contribution in [1.82, 2.24) is 14.5 Å². The second kappa shape index (κ2) is 7.74. The molecule has 9 heteroatoms. The molecule has 8 nitrogen and oxygen atoms in total. The van der Waals surface area contributed by atoms with Crippen LogP contribution in [0.2, 0.25) is 0 Å². The number of hydrogen-bond acceptors (Lipinski definition) is 6. The molecule has 2 aliphatic rings. The zero-order valence-corrected chi connectivity index (χ0v) is 17.7. The van der Waals surface area contributed by atoms with Crippen molar-refractivity contribution in [3.05, 3.63) is 65.5 Å². The van der Waals surface area contributed by atoms with E-state index in [0.29, 0.717) is 12.8 Å². The van der Waals surface area contributed by atoms with Gasteiger partial charge in [0.15, 0.2) is 0 Å². The smallest absolute Gasteiger partial charge is 0.230 e. The summed E-state index contributed by atoms with van der Waals surface area (Å²) in [5.41, 5.74) is 3.50. The largest absolute Gasteiger partial charge is 0.392 e. The van der Waals surface area contributed by atoms with E-state index in [1.807, 2.05) is 12.3 Å². The molecule has 0 amide bonds. The lowest BCUT2D eigenvalue weighted by Gasteiger charge is -2.16. The third-order valence-corrected chi connectivity index (χ3v) is 6.95. The van der Waals surface area contributed by atoms with Crippen LogP contribution in [-0.2, 0) is 16.4 Å². The predicted octanol–water partition coefficient (Wildman–Crippen LogP) is 2.64. The lowest BCUT2D eigenvalue weighted by Crippen LogP contribution is -2.12. The zero-order chi connectivity index (χ0) is 21.6. The molecule has 3 aromatic rings. The number of sulfonamides is 1. The summed E-state index contributed by atoms with van der Waals surface area (Å²) in [5.74, 6) is 0.532. The van der Waals surface area contributed by atoms with Gasteiger partial charge in [-0.1, -0.05) is 30.3 Å². The second-order valence-corrected chi connectivity index (χ2v) is 9.84. The molecule has 0 radical (unpaired) electrons. The molecule has 0 unspecified atom stereocenters. The summed E-state index contributed by atoms with van der Waals surface area (Å²) < 4.78 is 24.5. The quantitative estimate of drug-likeness (QED) is 0.562. The van der Waals surface area contributed by atoms with E-state index < -0.39 is 16.1 Å². The number of aromatic nitrogens is 3. The van der Waals surface area contributed by atoms with Crippen LogP contribution in [0.4, 0.5) is 5.82 Å². The number of primary sulfonamides is 1. The number of nitrogens with two attached hydrogens (primary N) is 1. The van der Waals surface area contributed by atoms with Crippen LogP contribution in [0, 0.1) is 5.92 Å². The van der Waals surface area contributed by atoms with Crippen molar-refractivity contribution in [3.63, 3.8) is 0 Å². The predicted molar refractivity (Wildman–Crippen MR) is 119 cm³/mol. The van der Waals surface area contributed by atoms with E-state index in [9.17, 15) is 13.5 Å². The highest BCUT2D eigenvalue weighted by molar-refractivity contribution is 7.92. The number of benzene rings is 1. The molecule has 2 heterocycles. The molecular weight excluding hydrogens is 414 g/mol. The Labute approximate surface area is 180 Å². The molecule has 2 aromatic heterocycles. The van der Waals surface area contributed by atoms with E-state index in [-0.39, 0.29) is 18.0 Å². The number of anilines is 1. The number of nitrogens with zero attached hydrogens (tertiary/aromatic N) is 3. The minimum absolute atomic E-state index is 0.0117. The lowest BCUT2D eigenvalue weighted by atomic mass is 10.1. The summed E-state index contributed by atoms with van der Waals surface area (Å²) in [5, 5.41) is 21.0. The van der Waals surface area contributed by atoms with Gasteiger partial charge in [-0.2, -0.15) is 0 Å². The van der Waals surface area contributed by atoms with Crippen LogP contribution >= 0.6 is 0 Å². The summed E-state index contributed by atoms with van der Waals surface area (Å²) in [6, 6.07) is 10.7. The van der Waals surface area contributed by atoms with Crippen molar-refractivity contribution in [2.24, 2.45) is 11.1 Å². The second-order valence-electron chi connectivity index (χ2n) is 8.39. The van der Waals surface area contributed by atoms with Crippen molar-refractivity contribution in [2.45, 2.75) is 43.9 Å². The Kier molecular flexibility index (Phi) is 5.04. The Morgan fingerprint density at radius 2 is 2.03 bits per heavy atom. The fourth-order valence-corrected chi connectivity index (χ4v) is 5.34. The molecule has 0 bridgehead atoms. The highest BCUT2D eigenvalue weighted by atomic mass is 32.2. The SMILES string of the molecule is NS(=O)(=O)/C=C/[C@@H]1C[C@@H](n2ccc3c(N[C@H]4CCc5ccccc54)ncnc32)C[C@@H]1O. The van der Waals surface area contributed by atoms with Crippen molar-refractivity contribution >= 4 is 26.9 Å². The first-order valence-electron chi connectivity index (χ1n) is 10.4. The molecular formula is C22H25N5O3S. The average Bonchev–Trinajstić information content (AvgIpc) is 3.43. The Hall–Kier alpha value is -2.75. The van der Waals surface area contributed by atoms with Gasteiger partial charge in [0.05, 0.1) is 17.5 Å². The normalized spacial score (nSPS) is 26.0. The minimum atomic E-state index is -3.71. The van der Waals surface area contributed by atoms with Crippen LogP contribution in [0.3, 0.4) is 0 Å². The molecule has 1 aromatic carbocycles. The first-order chi connectivity index (χ1) is 14.9. The van der Waals surface area contributed by atoms with Crippen LogP contribution < -0.4 is 10.5 Å². The summed E-state index contributed by atoms with van der Waals surface area (Å²) in [6.45, 7) is 0. The van der Waals surface area contributed by atoms with Gasteiger partial charge in [0, 0.05) is 23.6 Å². The van der Waals surface area contributed by atoms with E-state index in [4.69, 9.17) is 5.14 Å². The fraction of sp³-hybridized carbons (Fsp3) is 0.364. The monoisotopic (exact) mass is 439 g/mol. The highest BCUT2D eigenvalue weighted by Crippen LogP contribution is 2.39. The zero-order valence-electron chi connectivity index (χ0n) is 16.9. The maximum absolute atomic E-state index is 11.2. The number of nitrogens with one attached hydrogen (secondary N) is 1. The molecule has 4 N–H and O–H groups in total. The molecule has 0 saturated heterocycles. The van der Waals surface area contributed by atoms with E-state index >= 15 is 0 Å². The Balaban J connectivity index is 1.40. The number of aliphatic hydroxyl groups is 1. The molecule has 4 atom stereocenters. The number of rotatable bonds is 5. The molecule has 31 heavy (non-hydrogen) atoms. The van der Waals surface area contributed by atoms with Gasteiger partial charge in [-0.15, -0.1) is 0 Å². The molecule has 0 aliphatic heterocycles.